The standard InChI is InChI=1S/C21H26N2O2/c1-15-14-19(25-2)9-10-20(15)16-5-7-17(8-6-16)21(24)23-13-11-18-4-3-12-22-18/h5-10,14,18,22H,3-4,11-13H2,1-2H3,(H,23,24)/t18-/m1/s1. The molecule has 2 N–H and O–H groups in total. The Morgan fingerprint density at radius 2 is 2.04 bits per heavy atom. The summed E-state index contributed by atoms with van der Waals surface area (Å²) in [6.45, 7) is 3.89. The first-order valence-electron chi connectivity index (χ1n) is 8.94. The van der Waals surface area contributed by atoms with Gasteiger partial charge in [0.25, 0.3) is 5.91 Å². The van der Waals surface area contributed by atoms with Gasteiger partial charge in [-0.2, -0.15) is 0 Å². The van der Waals surface area contributed by atoms with Gasteiger partial charge < -0.3 is 15.4 Å². The molecule has 1 heterocycles. The SMILES string of the molecule is COc1ccc(-c2ccc(C(=O)NCC[C@H]3CCCN3)cc2)c(C)c1. The van der Waals surface area contributed by atoms with Gasteiger partial charge in [0.05, 0.1) is 7.11 Å². The second kappa shape index (κ2) is 8.17. The van der Waals surface area contributed by atoms with E-state index < -0.39 is 0 Å². The molecule has 0 radical (unpaired) electrons. The van der Waals surface area contributed by atoms with Gasteiger partial charge in [-0.3, -0.25) is 4.79 Å². The number of carbonyl (C=O) groups is 1. The van der Waals surface area contributed by atoms with Crippen LogP contribution in [0.25, 0.3) is 11.1 Å². The highest BCUT2D eigenvalue weighted by Crippen LogP contribution is 2.27. The van der Waals surface area contributed by atoms with Crippen molar-refractivity contribution in [2.75, 3.05) is 20.2 Å². The van der Waals surface area contributed by atoms with E-state index in [0.29, 0.717) is 11.6 Å². The molecule has 25 heavy (non-hydrogen) atoms. The zero-order chi connectivity index (χ0) is 17.6. The van der Waals surface area contributed by atoms with Crippen molar-refractivity contribution in [3.05, 3.63) is 53.6 Å². The molecular formula is C21H26N2O2. The van der Waals surface area contributed by atoms with Crippen molar-refractivity contribution in [3.63, 3.8) is 0 Å². The fourth-order valence-electron chi connectivity index (χ4n) is 3.35. The van der Waals surface area contributed by atoms with Crippen LogP contribution in [0.4, 0.5) is 0 Å². The summed E-state index contributed by atoms with van der Waals surface area (Å²) in [7, 11) is 1.67. The number of carbonyl (C=O) groups excluding carboxylic acids is 1. The fourth-order valence-corrected chi connectivity index (χ4v) is 3.35. The third-order valence-electron chi connectivity index (χ3n) is 4.83. The molecule has 1 aliphatic rings. The molecule has 2 aromatic carbocycles. The quantitative estimate of drug-likeness (QED) is 0.847. The molecule has 1 atom stereocenters. The van der Waals surface area contributed by atoms with E-state index in [4.69, 9.17) is 4.74 Å². The Bertz CT molecular complexity index is 719. The topological polar surface area (TPSA) is 50.4 Å². The highest BCUT2D eigenvalue weighted by molar-refractivity contribution is 5.94. The molecule has 1 saturated heterocycles. The summed E-state index contributed by atoms with van der Waals surface area (Å²) < 4.78 is 5.25. The lowest BCUT2D eigenvalue weighted by atomic mass is 9.99. The summed E-state index contributed by atoms with van der Waals surface area (Å²) in [5.74, 6) is 0.852. The Hall–Kier alpha value is -2.33. The molecule has 4 nitrogen and oxygen atoms in total. The fraction of sp³-hybridized carbons (Fsp3) is 0.381. The molecule has 0 aromatic heterocycles. The minimum Gasteiger partial charge on any atom is -0.497 e. The summed E-state index contributed by atoms with van der Waals surface area (Å²) in [5, 5.41) is 6.46. The monoisotopic (exact) mass is 338 g/mol. The first kappa shape index (κ1) is 17.5. The minimum atomic E-state index is -0.00370. The van der Waals surface area contributed by atoms with Crippen LogP contribution in [0.15, 0.2) is 42.5 Å². The van der Waals surface area contributed by atoms with Crippen molar-refractivity contribution in [2.45, 2.75) is 32.2 Å². The van der Waals surface area contributed by atoms with Gasteiger partial charge in [-0.25, -0.2) is 0 Å². The third kappa shape index (κ3) is 4.40. The molecule has 1 amide bonds. The molecule has 0 aliphatic carbocycles. The number of nitrogens with one attached hydrogen (secondary N) is 2. The van der Waals surface area contributed by atoms with Crippen LogP contribution in [0.1, 0.15) is 35.2 Å². The Kier molecular flexibility index (Phi) is 5.71. The Morgan fingerprint density at radius 3 is 2.68 bits per heavy atom. The van der Waals surface area contributed by atoms with Gasteiger partial charge in [0.15, 0.2) is 0 Å². The van der Waals surface area contributed by atoms with E-state index in [0.717, 1.165) is 42.0 Å². The first-order chi connectivity index (χ1) is 12.2. The predicted octanol–water partition coefficient (Wildman–Crippen LogP) is 3.54. The number of rotatable bonds is 6. The summed E-state index contributed by atoms with van der Waals surface area (Å²) in [5.41, 5.74) is 4.11. The largest absolute Gasteiger partial charge is 0.497 e. The van der Waals surface area contributed by atoms with Crippen molar-refractivity contribution in [2.24, 2.45) is 0 Å². The zero-order valence-corrected chi connectivity index (χ0v) is 15.0. The van der Waals surface area contributed by atoms with Gasteiger partial charge in [0.1, 0.15) is 5.75 Å². The highest BCUT2D eigenvalue weighted by Gasteiger charge is 2.14. The lowest BCUT2D eigenvalue weighted by molar-refractivity contribution is 0.0952. The van der Waals surface area contributed by atoms with E-state index in [2.05, 4.69) is 23.6 Å². The number of hydrogen-bond acceptors (Lipinski definition) is 3. The van der Waals surface area contributed by atoms with Crippen LogP contribution in [0.3, 0.4) is 0 Å². The zero-order valence-electron chi connectivity index (χ0n) is 15.0. The van der Waals surface area contributed by atoms with Crippen molar-refractivity contribution in [3.8, 4) is 16.9 Å². The molecule has 132 valence electrons. The van der Waals surface area contributed by atoms with Crippen LogP contribution >= 0.6 is 0 Å². The maximum Gasteiger partial charge on any atom is 0.251 e. The molecule has 1 fully saturated rings. The molecule has 1 aliphatic heterocycles. The Balaban J connectivity index is 1.60. The molecule has 0 spiro atoms. The molecule has 4 heteroatoms. The molecular weight excluding hydrogens is 312 g/mol. The summed E-state index contributed by atoms with van der Waals surface area (Å²) in [4.78, 5) is 12.3. The highest BCUT2D eigenvalue weighted by atomic mass is 16.5. The number of methoxy groups -OCH3 is 1. The van der Waals surface area contributed by atoms with Gasteiger partial charge in [-0.05, 0) is 73.7 Å². The van der Waals surface area contributed by atoms with Crippen molar-refractivity contribution in [1.82, 2.24) is 10.6 Å². The van der Waals surface area contributed by atoms with Crippen molar-refractivity contribution < 1.29 is 9.53 Å². The lowest BCUT2D eigenvalue weighted by Crippen LogP contribution is -2.30. The van der Waals surface area contributed by atoms with Crippen LogP contribution in [0.5, 0.6) is 5.75 Å². The predicted molar refractivity (Wildman–Crippen MR) is 101 cm³/mol. The Labute approximate surface area is 149 Å². The normalized spacial score (nSPS) is 16.6. The van der Waals surface area contributed by atoms with E-state index in [1.807, 2.05) is 36.4 Å². The lowest BCUT2D eigenvalue weighted by Gasteiger charge is -2.11. The van der Waals surface area contributed by atoms with E-state index >= 15 is 0 Å². The maximum atomic E-state index is 12.3. The Morgan fingerprint density at radius 1 is 1.24 bits per heavy atom. The van der Waals surface area contributed by atoms with Crippen LogP contribution in [-0.2, 0) is 0 Å². The smallest absolute Gasteiger partial charge is 0.251 e. The minimum absolute atomic E-state index is 0.00370. The van der Waals surface area contributed by atoms with Crippen molar-refractivity contribution >= 4 is 5.91 Å². The molecule has 0 bridgehead atoms. The maximum absolute atomic E-state index is 12.3. The second-order valence-corrected chi connectivity index (χ2v) is 6.60. The summed E-state index contributed by atoms with van der Waals surface area (Å²) in [6.07, 6.45) is 3.45. The number of aryl methyl sites for hydroxylation is 1. The number of amides is 1. The van der Waals surface area contributed by atoms with Gasteiger partial charge in [-0.1, -0.05) is 18.2 Å². The summed E-state index contributed by atoms with van der Waals surface area (Å²) >= 11 is 0. The average molecular weight is 338 g/mol. The second-order valence-electron chi connectivity index (χ2n) is 6.60. The van der Waals surface area contributed by atoms with Crippen LogP contribution < -0.4 is 15.4 Å². The van der Waals surface area contributed by atoms with Crippen LogP contribution in [0.2, 0.25) is 0 Å². The third-order valence-corrected chi connectivity index (χ3v) is 4.83. The van der Waals surface area contributed by atoms with E-state index in [1.54, 1.807) is 7.11 Å². The first-order valence-corrected chi connectivity index (χ1v) is 8.94. The number of ether oxygens (including phenoxy) is 1. The number of benzene rings is 2. The van der Waals surface area contributed by atoms with E-state index in [1.165, 1.54) is 12.8 Å². The number of hydrogen-bond donors (Lipinski definition) is 2. The van der Waals surface area contributed by atoms with Crippen molar-refractivity contribution in [1.29, 1.82) is 0 Å². The summed E-state index contributed by atoms with van der Waals surface area (Å²) in [6, 6.07) is 14.4. The van der Waals surface area contributed by atoms with Gasteiger partial charge in [0.2, 0.25) is 0 Å². The molecule has 0 unspecified atom stereocenters. The van der Waals surface area contributed by atoms with E-state index in [9.17, 15) is 4.79 Å². The molecule has 3 rings (SSSR count). The average Bonchev–Trinajstić information content (AvgIpc) is 3.15. The van der Waals surface area contributed by atoms with Gasteiger partial charge in [0, 0.05) is 18.2 Å². The van der Waals surface area contributed by atoms with Gasteiger partial charge in [-0.15, -0.1) is 0 Å². The van der Waals surface area contributed by atoms with Crippen LogP contribution in [0, 0.1) is 6.92 Å². The van der Waals surface area contributed by atoms with Gasteiger partial charge >= 0.3 is 0 Å². The molecule has 0 saturated carbocycles. The molecule has 2 aromatic rings. The van der Waals surface area contributed by atoms with Crippen LogP contribution in [-0.4, -0.2) is 32.1 Å². The van der Waals surface area contributed by atoms with E-state index in [-0.39, 0.29) is 5.91 Å².